The molecule has 4 nitrogen and oxygen atoms in total. The molecule has 0 unspecified atom stereocenters. The molecule has 0 aliphatic rings. The maximum absolute atomic E-state index is 14.0. The quantitative estimate of drug-likeness (QED) is 0.284. The highest BCUT2D eigenvalue weighted by molar-refractivity contribution is 8.11. The maximum Gasteiger partial charge on any atom is 0.165 e. The van der Waals surface area contributed by atoms with Crippen molar-refractivity contribution in [3.05, 3.63) is 77.2 Å². The van der Waals surface area contributed by atoms with Crippen molar-refractivity contribution in [3.8, 4) is 5.75 Å². The summed E-state index contributed by atoms with van der Waals surface area (Å²) in [6, 6.07) is 6.18. The summed E-state index contributed by atoms with van der Waals surface area (Å²) in [6.45, 7) is 20.4. The molecular formula is C29H40FN3OS. The van der Waals surface area contributed by atoms with E-state index in [1.54, 1.807) is 24.2 Å². The second kappa shape index (κ2) is 13.5. The summed E-state index contributed by atoms with van der Waals surface area (Å²) in [6.07, 6.45) is 9.75. The van der Waals surface area contributed by atoms with Crippen LogP contribution in [0.1, 0.15) is 89.7 Å². The molecule has 1 aromatic heterocycles. The van der Waals surface area contributed by atoms with Crippen LogP contribution in [-0.4, -0.2) is 16.1 Å². The van der Waals surface area contributed by atoms with E-state index < -0.39 is 5.67 Å². The summed E-state index contributed by atoms with van der Waals surface area (Å²) in [5, 5.41) is 3.35. The first-order valence-electron chi connectivity index (χ1n) is 12.3. The fraction of sp³-hybridized carbons (Fsp3) is 0.448. The number of nitrogens with zero attached hydrogens (tertiary/aromatic N) is 2. The first-order chi connectivity index (χ1) is 16.6. The molecule has 0 aliphatic carbocycles. The molecule has 0 aliphatic heterocycles. The number of hydrogen-bond acceptors (Lipinski definition) is 5. The van der Waals surface area contributed by atoms with Crippen molar-refractivity contribution in [1.29, 1.82) is 0 Å². The van der Waals surface area contributed by atoms with Crippen LogP contribution < -0.4 is 10.1 Å². The summed E-state index contributed by atoms with van der Waals surface area (Å²) in [5.74, 6) is 1.00. The Morgan fingerprint density at radius 1 is 1.11 bits per heavy atom. The topological polar surface area (TPSA) is 47.0 Å². The molecule has 0 radical (unpaired) electrons. The third-order valence-corrected chi connectivity index (χ3v) is 6.57. The number of rotatable bonds is 14. The van der Waals surface area contributed by atoms with Crippen LogP contribution in [-0.2, 0) is 12.2 Å². The third-order valence-electron chi connectivity index (χ3n) is 5.53. The lowest BCUT2D eigenvalue weighted by atomic mass is 10.1. The van der Waals surface area contributed by atoms with E-state index in [0.717, 1.165) is 58.7 Å². The second-order valence-electron chi connectivity index (χ2n) is 9.21. The molecule has 0 bridgehead atoms. The van der Waals surface area contributed by atoms with E-state index in [1.165, 1.54) is 18.8 Å². The molecule has 0 amide bonds. The predicted molar refractivity (Wildman–Crippen MR) is 149 cm³/mol. The molecule has 35 heavy (non-hydrogen) atoms. The van der Waals surface area contributed by atoms with Gasteiger partial charge in [-0.05, 0) is 69.2 Å². The Kier molecular flexibility index (Phi) is 11.0. The monoisotopic (exact) mass is 497 g/mol. The predicted octanol–water partition coefficient (Wildman–Crippen LogP) is 8.42. The van der Waals surface area contributed by atoms with Crippen LogP contribution in [0, 0.1) is 0 Å². The second-order valence-corrected chi connectivity index (χ2v) is 10.5. The third kappa shape index (κ3) is 9.17. The van der Waals surface area contributed by atoms with Gasteiger partial charge in [0.2, 0.25) is 0 Å². The molecule has 1 N–H and O–H groups in total. The fourth-order valence-electron chi connectivity index (χ4n) is 3.48. The molecule has 0 saturated carbocycles. The molecular weight excluding hydrogens is 457 g/mol. The summed E-state index contributed by atoms with van der Waals surface area (Å²) in [5.41, 5.74) is 1.99. The summed E-state index contributed by atoms with van der Waals surface area (Å²) in [7, 11) is 0. The van der Waals surface area contributed by atoms with Gasteiger partial charge in [-0.3, -0.25) is 0 Å². The molecule has 0 spiro atoms. The zero-order chi connectivity index (χ0) is 26.0. The Hall–Kier alpha value is -2.60. The fourth-order valence-corrected chi connectivity index (χ4v) is 4.22. The average molecular weight is 498 g/mol. The Morgan fingerprint density at radius 2 is 1.71 bits per heavy atom. The highest BCUT2D eigenvalue weighted by Gasteiger charge is 2.22. The van der Waals surface area contributed by atoms with Gasteiger partial charge in [-0.15, -0.1) is 0 Å². The first kappa shape index (κ1) is 28.6. The molecule has 1 heterocycles. The van der Waals surface area contributed by atoms with Gasteiger partial charge in [-0.2, -0.15) is 0 Å². The van der Waals surface area contributed by atoms with Gasteiger partial charge in [-0.25, -0.2) is 14.4 Å². The van der Waals surface area contributed by atoms with Gasteiger partial charge in [0.15, 0.2) is 11.5 Å². The zero-order valence-electron chi connectivity index (χ0n) is 22.1. The number of thioether (sulfide) groups is 1. The first-order valence-corrected chi connectivity index (χ1v) is 13.1. The van der Waals surface area contributed by atoms with Crippen molar-refractivity contribution >= 4 is 22.4 Å². The number of alkyl halides is 1. The van der Waals surface area contributed by atoms with E-state index in [1.807, 2.05) is 13.0 Å². The van der Waals surface area contributed by atoms with Gasteiger partial charge >= 0.3 is 0 Å². The SMILES string of the molecule is C=C(NCc1cnc(C(C)(C)F)nc1)c1cc(OC(CCC)CCC)cc(C(=C)S/C(C)=C\C)c1. The van der Waals surface area contributed by atoms with E-state index in [-0.39, 0.29) is 11.9 Å². The summed E-state index contributed by atoms with van der Waals surface area (Å²) < 4.78 is 20.5. The Bertz CT molecular complexity index is 1020. The van der Waals surface area contributed by atoms with Crippen LogP contribution in [0.4, 0.5) is 4.39 Å². The van der Waals surface area contributed by atoms with Crippen molar-refractivity contribution < 1.29 is 9.13 Å². The van der Waals surface area contributed by atoms with Gasteiger partial charge in [0.05, 0.1) is 6.10 Å². The van der Waals surface area contributed by atoms with Crippen LogP contribution in [0.25, 0.3) is 10.6 Å². The van der Waals surface area contributed by atoms with E-state index in [0.29, 0.717) is 6.54 Å². The number of halogens is 1. The molecule has 190 valence electrons. The highest BCUT2D eigenvalue weighted by atomic mass is 32.2. The largest absolute Gasteiger partial charge is 0.490 e. The van der Waals surface area contributed by atoms with E-state index >= 15 is 0 Å². The van der Waals surface area contributed by atoms with Crippen LogP contribution in [0.2, 0.25) is 0 Å². The van der Waals surface area contributed by atoms with E-state index in [2.05, 4.69) is 67.4 Å². The van der Waals surface area contributed by atoms with Gasteiger partial charge in [-0.1, -0.05) is 57.7 Å². The lowest BCUT2D eigenvalue weighted by molar-refractivity contribution is 0.178. The van der Waals surface area contributed by atoms with Gasteiger partial charge in [0.25, 0.3) is 0 Å². The summed E-state index contributed by atoms with van der Waals surface area (Å²) >= 11 is 1.65. The lowest BCUT2D eigenvalue weighted by Gasteiger charge is -2.20. The van der Waals surface area contributed by atoms with Crippen molar-refractivity contribution in [2.75, 3.05) is 0 Å². The van der Waals surface area contributed by atoms with Crippen LogP contribution in [0.5, 0.6) is 5.75 Å². The maximum atomic E-state index is 14.0. The summed E-state index contributed by atoms with van der Waals surface area (Å²) in [4.78, 5) is 10.5. The lowest BCUT2D eigenvalue weighted by Crippen LogP contribution is -2.17. The molecule has 0 fully saturated rings. The van der Waals surface area contributed by atoms with E-state index in [9.17, 15) is 4.39 Å². The van der Waals surface area contributed by atoms with Crippen LogP contribution in [0.3, 0.4) is 0 Å². The number of allylic oxidation sites excluding steroid dienone is 2. The number of nitrogens with one attached hydrogen (secondary N) is 1. The standard InChI is InChI=1S/C29H40FN3OS/c1-9-12-26(13-10-2)34-27-15-24(14-25(16-27)22(6)35-20(4)11-3)21(5)31-17-23-18-32-28(33-19-23)29(7,8)30/h11,14-16,18-19,26,31H,5-6,9-10,12-13,17H2,1-4,7-8H3/b20-11-. The zero-order valence-corrected chi connectivity index (χ0v) is 22.9. The Balaban J connectivity index is 2.26. The molecule has 2 aromatic rings. The van der Waals surface area contributed by atoms with Crippen molar-refractivity contribution in [1.82, 2.24) is 15.3 Å². The smallest absolute Gasteiger partial charge is 0.165 e. The molecule has 0 atom stereocenters. The number of aromatic nitrogens is 2. The highest BCUT2D eigenvalue weighted by Crippen LogP contribution is 2.35. The minimum Gasteiger partial charge on any atom is -0.490 e. The van der Waals surface area contributed by atoms with Crippen molar-refractivity contribution in [3.63, 3.8) is 0 Å². The molecule has 0 saturated heterocycles. The minimum absolute atomic E-state index is 0.177. The number of benzene rings is 1. The van der Waals surface area contributed by atoms with Crippen LogP contribution >= 0.6 is 11.8 Å². The van der Waals surface area contributed by atoms with E-state index in [4.69, 9.17) is 4.74 Å². The van der Waals surface area contributed by atoms with Gasteiger partial charge < -0.3 is 10.1 Å². The Labute approximate surface area is 215 Å². The molecule has 6 heteroatoms. The Morgan fingerprint density at radius 3 is 2.26 bits per heavy atom. The molecule has 2 rings (SSSR count). The number of hydrogen-bond donors (Lipinski definition) is 1. The molecule has 1 aromatic carbocycles. The van der Waals surface area contributed by atoms with Gasteiger partial charge in [0.1, 0.15) is 5.75 Å². The van der Waals surface area contributed by atoms with Crippen molar-refractivity contribution in [2.45, 2.75) is 85.5 Å². The average Bonchev–Trinajstić information content (AvgIpc) is 2.82. The minimum atomic E-state index is -1.56. The number of ether oxygens (including phenoxy) is 1. The normalized spacial score (nSPS) is 12.1. The van der Waals surface area contributed by atoms with Crippen molar-refractivity contribution in [2.24, 2.45) is 0 Å². The van der Waals surface area contributed by atoms with Crippen LogP contribution in [0.15, 0.2) is 54.7 Å². The van der Waals surface area contributed by atoms with Gasteiger partial charge in [0, 0.05) is 40.7 Å².